The molecular formula is C26H19ClN2O2. The fourth-order valence-corrected chi connectivity index (χ4v) is 4.17. The monoisotopic (exact) mass is 426 g/mol. The minimum absolute atomic E-state index is 0.446. The second-order valence-corrected chi connectivity index (χ2v) is 7.81. The summed E-state index contributed by atoms with van der Waals surface area (Å²) in [5.41, 5.74) is 9.12. The first-order chi connectivity index (χ1) is 15.1. The molecule has 4 aromatic carbocycles. The Morgan fingerprint density at radius 3 is 2.42 bits per heavy atom. The van der Waals surface area contributed by atoms with Gasteiger partial charge in [-0.15, -0.1) is 0 Å². The predicted octanol–water partition coefficient (Wildman–Crippen LogP) is 6.39. The van der Waals surface area contributed by atoms with E-state index in [-0.39, 0.29) is 0 Å². The number of amides is 1. The SMILES string of the molecule is NC(=O)c1cccc2c1c1ccc(Cl)cc1n2Cc1cccc(Oc2ccccc2)c1. The van der Waals surface area contributed by atoms with Gasteiger partial charge in [-0.1, -0.05) is 54.1 Å². The number of carbonyl (C=O) groups excluding carboxylic acids is 1. The Morgan fingerprint density at radius 2 is 1.61 bits per heavy atom. The smallest absolute Gasteiger partial charge is 0.249 e. The van der Waals surface area contributed by atoms with Gasteiger partial charge in [0, 0.05) is 27.9 Å². The van der Waals surface area contributed by atoms with Crippen LogP contribution in [-0.4, -0.2) is 10.5 Å². The molecule has 152 valence electrons. The lowest BCUT2D eigenvalue weighted by molar-refractivity contribution is 0.100. The van der Waals surface area contributed by atoms with Crippen molar-refractivity contribution in [2.75, 3.05) is 0 Å². The van der Waals surface area contributed by atoms with E-state index >= 15 is 0 Å². The molecule has 0 spiro atoms. The van der Waals surface area contributed by atoms with Crippen LogP contribution in [0.25, 0.3) is 21.8 Å². The average molecular weight is 427 g/mol. The van der Waals surface area contributed by atoms with Crippen LogP contribution in [0.5, 0.6) is 11.5 Å². The summed E-state index contributed by atoms with van der Waals surface area (Å²) >= 11 is 6.31. The van der Waals surface area contributed by atoms with Crippen molar-refractivity contribution < 1.29 is 9.53 Å². The quantitative estimate of drug-likeness (QED) is 0.354. The number of para-hydroxylation sites is 1. The van der Waals surface area contributed by atoms with E-state index in [1.807, 2.05) is 78.9 Å². The summed E-state index contributed by atoms with van der Waals surface area (Å²) < 4.78 is 8.15. The predicted molar refractivity (Wildman–Crippen MR) is 125 cm³/mol. The van der Waals surface area contributed by atoms with Crippen LogP contribution in [-0.2, 0) is 6.54 Å². The van der Waals surface area contributed by atoms with Gasteiger partial charge in [0.25, 0.3) is 0 Å². The van der Waals surface area contributed by atoms with Crippen molar-refractivity contribution >= 4 is 39.3 Å². The number of halogens is 1. The molecule has 5 heteroatoms. The summed E-state index contributed by atoms with van der Waals surface area (Å²) in [6.45, 7) is 0.592. The molecule has 0 aliphatic rings. The third-order valence-electron chi connectivity index (χ3n) is 5.34. The van der Waals surface area contributed by atoms with Crippen molar-refractivity contribution in [3.05, 3.63) is 107 Å². The fraction of sp³-hybridized carbons (Fsp3) is 0.0385. The first kappa shape index (κ1) is 19.2. The molecule has 31 heavy (non-hydrogen) atoms. The Bertz CT molecular complexity index is 1420. The van der Waals surface area contributed by atoms with Gasteiger partial charge >= 0.3 is 0 Å². The van der Waals surface area contributed by atoms with E-state index < -0.39 is 5.91 Å². The summed E-state index contributed by atoms with van der Waals surface area (Å²) in [7, 11) is 0. The molecular weight excluding hydrogens is 408 g/mol. The average Bonchev–Trinajstić information content (AvgIpc) is 3.07. The zero-order valence-electron chi connectivity index (χ0n) is 16.6. The number of rotatable bonds is 5. The van der Waals surface area contributed by atoms with E-state index in [0.29, 0.717) is 17.1 Å². The van der Waals surface area contributed by atoms with Crippen LogP contribution in [0.4, 0.5) is 0 Å². The standard InChI is InChI=1S/C26H19ClN2O2/c27-18-12-13-21-24(15-18)29(23-11-5-10-22(25(21)23)26(28)30)16-17-6-4-9-20(14-17)31-19-7-2-1-3-8-19/h1-15H,16H2,(H2,28,30). The minimum Gasteiger partial charge on any atom is -0.457 e. The molecule has 0 aliphatic carbocycles. The lowest BCUT2D eigenvalue weighted by atomic mass is 10.1. The number of hydrogen-bond acceptors (Lipinski definition) is 2. The number of nitrogens with two attached hydrogens (primary N) is 1. The van der Waals surface area contributed by atoms with E-state index in [4.69, 9.17) is 22.1 Å². The molecule has 5 rings (SSSR count). The van der Waals surface area contributed by atoms with Crippen LogP contribution in [0, 0.1) is 0 Å². The van der Waals surface area contributed by atoms with Crippen LogP contribution in [0.3, 0.4) is 0 Å². The van der Waals surface area contributed by atoms with Crippen LogP contribution in [0.15, 0.2) is 91.0 Å². The van der Waals surface area contributed by atoms with E-state index in [1.54, 1.807) is 6.07 Å². The number of fused-ring (bicyclic) bond motifs is 3. The lowest BCUT2D eigenvalue weighted by Crippen LogP contribution is -2.11. The molecule has 0 fully saturated rings. The maximum absolute atomic E-state index is 12.1. The molecule has 0 radical (unpaired) electrons. The van der Waals surface area contributed by atoms with Crippen molar-refractivity contribution in [3.63, 3.8) is 0 Å². The Labute approximate surface area is 184 Å². The molecule has 5 aromatic rings. The van der Waals surface area contributed by atoms with Gasteiger partial charge in [0.1, 0.15) is 11.5 Å². The van der Waals surface area contributed by atoms with Crippen LogP contribution < -0.4 is 10.5 Å². The Balaban J connectivity index is 1.62. The molecule has 0 aliphatic heterocycles. The zero-order chi connectivity index (χ0) is 21.4. The van der Waals surface area contributed by atoms with Gasteiger partial charge in [-0.2, -0.15) is 0 Å². The number of carbonyl (C=O) groups is 1. The summed E-state index contributed by atoms with van der Waals surface area (Å²) in [6.07, 6.45) is 0. The maximum atomic E-state index is 12.1. The molecule has 0 unspecified atom stereocenters. The van der Waals surface area contributed by atoms with E-state index in [1.165, 1.54) is 0 Å². The third kappa shape index (κ3) is 3.62. The molecule has 4 nitrogen and oxygen atoms in total. The molecule has 0 saturated carbocycles. The largest absolute Gasteiger partial charge is 0.457 e. The molecule has 0 saturated heterocycles. The molecule has 0 atom stereocenters. The summed E-state index contributed by atoms with van der Waals surface area (Å²) in [4.78, 5) is 12.1. The highest BCUT2D eigenvalue weighted by Gasteiger charge is 2.17. The van der Waals surface area contributed by atoms with Gasteiger partial charge < -0.3 is 15.0 Å². The van der Waals surface area contributed by atoms with E-state index in [9.17, 15) is 4.79 Å². The number of ether oxygens (including phenoxy) is 1. The van der Waals surface area contributed by atoms with Gasteiger partial charge in [-0.3, -0.25) is 4.79 Å². The number of nitrogens with zero attached hydrogens (tertiary/aromatic N) is 1. The highest BCUT2D eigenvalue weighted by atomic mass is 35.5. The summed E-state index contributed by atoms with van der Waals surface area (Å²) in [5, 5.41) is 2.43. The number of benzene rings is 4. The van der Waals surface area contributed by atoms with Gasteiger partial charge in [0.05, 0.1) is 11.0 Å². The van der Waals surface area contributed by atoms with Crippen molar-refractivity contribution in [2.45, 2.75) is 6.54 Å². The van der Waals surface area contributed by atoms with E-state index in [0.717, 1.165) is 38.9 Å². The Hall–Kier alpha value is -3.76. The second-order valence-electron chi connectivity index (χ2n) is 7.37. The normalized spacial score (nSPS) is 11.1. The van der Waals surface area contributed by atoms with Gasteiger partial charge in [-0.25, -0.2) is 0 Å². The zero-order valence-corrected chi connectivity index (χ0v) is 17.3. The van der Waals surface area contributed by atoms with Crippen LogP contribution in [0.1, 0.15) is 15.9 Å². The van der Waals surface area contributed by atoms with E-state index in [2.05, 4.69) is 10.6 Å². The van der Waals surface area contributed by atoms with Gasteiger partial charge in [0.2, 0.25) is 5.91 Å². The summed E-state index contributed by atoms with van der Waals surface area (Å²) in [5.74, 6) is 1.10. The molecule has 1 aromatic heterocycles. The van der Waals surface area contributed by atoms with Crippen molar-refractivity contribution in [1.29, 1.82) is 0 Å². The second kappa shape index (κ2) is 7.82. The number of aromatic nitrogens is 1. The highest BCUT2D eigenvalue weighted by Crippen LogP contribution is 2.34. The lowest BCUT2D eigenvalue weighted by Gasteiger charge is -2.11. The van der Waals surface area contributed by atoms with Crippen molar-refractivity contribution in [1.82, 2.24) is 4.57 Å². The van der Waals surface area contributed by atoms with Crippen LogP contribution >= 0.6 is 11.6 Å². The fourth-order valence-electron chi connectivity index (χ4n) is 4.01. The Morgan fingerprint density at radius 1 is 0.839 bits per heavy atom. The maximum Gasteiger partial charge on any atom is 0.249 e. The molecule has 0 bridgehead atoms. The summed E-state index contributed by atoms with van der Waals surface area (Å²) in [6, 6.07) is 29.0. The highest BCUT2D eigenvalue weighted by molar-refractivity contribution is 6.32. The molecule has 2 N–H and O–H groups in total. The molecule has 1 heterocycles. The third-order valence-corrected chi connectivity index (χ3v) is 5.57. The Kier molecular flexibility index (Phi) is 4.85. The minimum atomic E-state index is -0.446. The van der Waals surface area contributed by atoms with Crippen molar-refractivity contribution in [2.24, 2.45) is 5.73 Å². The van der Waals surface area contributed by atoms with Gasteiger partial charge in [-0.05, 0) is 54.1 Å². The topological polar surface area (TPSA) is 57.2 Å². The first-order valence-electron chi connectivity index (χ1n) is 9.92. The number of primary amides is 1. The first-order valence-corrected chi connectivity index (χ1v) is 10.3. The van der Waals surface area contributed by atoms with Crippen molar-refractivity contribution in [3.8, 4) is 11.5 Å². The molecule has 1 amide bonds. The van der Waals surface area contributed by atoms with Crippen LogP contribution in [0.2, 0.25) is 5.02 Å². The van der Waals surface area contributed by atoms with Gasteiger partial charge in [0.15, 0.2) is 0 Å². The number of hydrogen-bond donors (Lipinski definition) is 1.